The van der Waals surface area contributed by atoms with Crippen LogP contribution in [0.1, 0.15) is 16.8 Å². The average Bonchev–Trinajstić information content (AvgIpc) is 2.70. The number of benzene rings is 2. The highest BCUT2D eigenvalue weighted by Gasteiger charge is 2.21. The molecule has 0 aliphatic heterocycles. The Bertz CT molecular complexity index is 1120. The van der Waals surface area contributed by atoms with Crippen molar-refractivity contribution in [3.63, 3.8) is 0 Å². The molecule has 7 heteroatoms. The second-order valence-electron chi connectivity index (χ2n) is 5.86. The van der Waals surface area contributed by atoms with E-state index < -0.39 is 0 Å². The molecule has 0 radical (unpaired) electrons. The number of anilines is 1. The van der Waals surface area contributed by atoms with Crippen LogP contribution in [-0.2, 0) is 6.42 Å². The van der Waals surface area contributed by atoms with Crippen molar-refractivity contribution in [1.29, 1.82) is 10.5 Å². The van der Waals surface area contributed by atoms with Gasteiger partial charge in [0.25, 0.3) is 0 Å². The number of hydrogen-bond donors (Lipinski definition) is 2. The first-order chi connectivity index (χ1) is 13.5. The first-order valence-electron chi connectivity index (χ1n) is 8.30. The molecule has 6 nitrogen and oxygen atoms in total. The van der Waals surface area contributed by atoms with Gasteiger partial charge in [-0.05, 0) is 24.3 Å². The third kappa shape index (κ3) is 3.78. The monoisotopic (exact) mass is 386 g/mol. The van der Waals surface area contributed by atoms with Gasteiger partial charge >= 0.3 is 0 Å². The average molecular weight is 387 g/mol. The Morgan fingerprint density at radius 1 is 1.07 bits per heavy atom. The third-order valence-electron chi connectivity index (χ3n) is 4.05. The minimum absolute atomic E-state index is 0.0402. The maximum Gasteiger partial charge on any atom is 0.135 e. The molecular formula is C21H15ClN6. The minimum atomic E-state index is -0.0402. The standard InChI is InChI=1S/C21H15ClN6/c22-14-6-8-15(9-7-14)27-21(26)18-19(25)16(12-24)17(10-11-23)28-20(18)13-4-2-1-3-5-13/h1-9H,10H2,(H2,25,28)(H2,26,27). The van der Waals surface area contributed by atoms with E-state index >= 15 is 0 Å². The van der Waals surface area contributed by atoms with Crippen molar-refractivity contribution in [1.82, 2.24) is 4.98 Å². The van der Waals surface area contributed by atoms with Crippen molar-refractivity contribution in [3.8, 4) is 23.4 Å². The lowest BCUT2D eigenvalue weighted by molar-refractivity contribution is 1.10. The molecule has 0 saturated carbocycles. The lowest BCUT2D eigenvalue weighted by Crippen LogP contribution is -2.19. The van der Waals surface area contributed by atoms with Crippen LogP contribution in [0.5, 0.6) is 0 Å². The maximum atomic E-state index is 9.54. The quantitative estimate of drug-likeness (QED) is 0.518. The van der Waals surface area contributed by atoms with Crippen LogP contribution in [0.2, 0.25) is 5.02 Å². The van der Waals surface area contributed by atoms with Gasteiger partial charge in [0.1, 0.15) is 11.9 Å². The SMILES string of the molecule is N#CCc1nc(-c2ccccc2)c(C(N)=Nc2ccc(Cl)cc2)c(N)c1C#N. The smallest absolute Gasteiger partial charge is 0.135 e. The summed E-state index contributed by atoms with van der Waals surface area (Å²) in [6.07, 6.45) is -0.0402. The Morgan fingerprint density at radius 3 is 2.36 bits per heavy atom. The van der Waals surface area contributed by atoms with Gasteiger partial charge in [-0.15, -0.1) is 0 Å². The van der Waals surface area contributed by atoms with E-state index in [0.717, 1.165) is 5.56 Å². The number of nitrogens with two attached hydrogens (primary N) is 2. The summed E-state index contributed by atoms with van der Waals surface area (Å²) < 4.78 is 0. The van der Waals surface area contributed by atoms with Gasteiger partial charge < -0.3 is 11.5 Å². The highest BCUT2D eigenvalue weighted by Crippen LogP contribution is 2.31. The summed E-state index contributed by atoms with van der Waals surface area (Å²) in [4.78, 5) is 8.94. The topological polar surface area (TPSA) is 125 Å². The molecule has 0 aliphatic carbocycles. The van der Waals surface area contributed by atoms with Crippen molar-refractivity contribution >= 4 is 28.8 Å². The summed E-state index contributed by atoms with van der Waals surface area (Å²) in [6.45, 7) is 0. The second-order valence-corrected chi connectivity index (χ2v) is 6.29. The van der Waals surface area contributed by atoms with Crippen LogP contribution < -0.4 is 11.5 Å². The summed E-state index contributed by atoms with van der Waals surface area (Å²) in [7, 11) is 0. The van der Waals surface area contributed by atoms with Gasteiger partial charge in [0.2, 0.25) is 0 Å². The molecule has 0 amide bonds. The maximum absolute atomic E-state index is 9.54. The number of hydrogen-bond acceptors (Lipinski definition) is 5. The predicted octanol–water partition coefficient (Wildman–Crippen LogP) is 3.96. The van der Waals surface area contributed by atoms with Crippen LogP contribution in [0, 0.1) is 22.7 Å². The molecule has 2 aromatic carbocycles. The number of rotatable bonds is 4. The Balaban J connectivity index is 2.27. The fourth-order valence-electron chi connectivity index (χ4n) is 2.76. The van der Waals surface area contributed by atoms with E-state index in [1.54, 1.807) is 24.3 Å². The highest BCUT2D eigenvalue weighted by atomic mass is 35.5. The third-order valence-corrected chi connectivity index (χ3v) is 4.30. The van der Waals surface area contributed by atoms with E-state index in [4.69, 9.17) is 28.3 Å². The van der Waals surface area contributed by atoms with Gasteiger partial charge in [-0.3, -0.25) is 0 Å². The number of aliphatic imine (C=N–C) groups is 1. The van der Waals surface area contributed by atoms with Crippen LogP contribution in [-0.4, -0.2) is 10.8 Å². The van der Waals surface area contributed by atoms with Crippen LogP contribution in [0.3, 0.4) is 0 Å². The number of nitrogen functional groups attached to an aromatic ring is 1. The minimum Gasteiger partial charge on any atom is -0.397 e. The zero-order valence-corrected chi connectivity index (χ0v) is 15.5. The summed E-state index contributed by atoms with van der Waals surface area (Å²) in [6, 6.07) is 20.2. The molecule has 3 rings (SSSR count). The molecule has 0 aliphatic rings. The highest BCUT2D eigenvalue weighted by molar-refractivity contribution is 6.30. The first-order valence-corrected chi connectivity index (χ1v) is 8.68. The van der Waals surface area contributed by atoms with Gasteiger partial charge in [0.05, 0.1) is 46.4 Å². The lowest BCUT2D eigenvalue weighted by Gasteiger charge is -2.15. The van der Waals surface area contributed by atoms with Crippen LogP contribution in [0.15, 0.2) is 59.6 Å². The molecule has 3 aromatic rings. The summed E-state index contributed by atoms with van der Waals surface area (Å²) in [5.41, 5.74) is 15.3. The molecule has 28 heavy (non-hydrogen) atoms. The van der Waals surface area contributed by atoms with Crippen LogP contribution in [0.25, 0.3) is 11.3 Å². The Kier molecular flexibility index (Phi) is 5.55. The van der Waals surface area contributed by atoms with Crippen molar-refractivity contribution in [2.75, 3.05) is 5.73 Å². The van der Waals surface area contributed by atoms with Gasteiger partial charge in [-0.2, -0.15) is 10.5 Å². The summed E-state index contributed by atoms with van der Waals surface area (Å²) in [5, 5.41) is 19.2. The molecule has 0 bridgehead atoms. The number of amidine groups is 1. The summed E-state index contributed by atoms with van der Waals surface area (Å²) >= 11 is 5.91. The van der Waals surface area contributed by atoms with Crippen molar-refractivity contribution in [2.45, 2.75) is 6.42 Å². The lowest BCUT2D eigenvalue weighted by atomic mass is 9.98. The molecular weight excluding hydrogens is 372 g/mol. The molecule has 1 heterocycles. The molecule has 0 fully saturated rings. The molecule has 0 unspecified atom stereocenters. The zero-order valence-electron chi connectivity index (χ0n) is 14.7. The number of aromatic nitrogens is 1. The number of nitrogens with zero attached hydrogens (tertiary/aromatic N) is 4. The fourth-order valence-corrected chi connectivity index (χ4v) is 2.88. The molecule has 136 valence electrons. The molecule has 1 aromatic heterocycles. The van der Waals surface area contributed by atoms with Crippen molar-refractivity contribution in [2.24, 2.45) is 10.7 Å². The normalized spacial score (nSPS) is 10.9. The molecule has 0 saturated heterocycles. The van der Waals surface area contributed by atoms with E-state index in [-0.39, 0.29) is 23.5 Å². The van der Waals surface area contributed by atoms with E-state index in [2.05, 4.69) is 9.98 Å². The summed E-state index contributed by atoms with van der Waals surface area (Å²) in [5.74, 6) is 0.117. The van der Waals surface area contributed by atoms with Crippen molar-refractivity contribution < 1.29 is 0 Å². The van der Waals surface area contributed by atoms with Crippen LogP contribution in [0.4, 0.5) is 11.4 Å². The first kappa shape index (κ1) is 18.9. The zero-order chi connectivity index (χ0) is 20.1. The van der Waals surface area contributed by atoms with Gasteiger partial charge in [-0.25, -0.2) is 9.98 Å². The molecule has 0 atom stereocenters. The number of nitriles is 2. The Hall–Kier alpha value is -3.87. The van der Waals surface area contributed by atoms with Crippen LogP contribution >= 0.6 is 11.6 Å². The van der Waals surface area contributed by atoms with Gasteiger partial charge in [-0.1, -0.05) is 41.9 Å². The van der Waals surface area contributed by atoms with Gasteiger partial charge in [0, 0.05) is 10.6 Å². The molecule has 4 N–H and O–H groups in total. The van der Waals surface area contributed by atoms with E-state index in [1.807, 2.05) is 42.5 Å². The number of pyridine rings is 1. The van der Waals surface area contributed by atoms with E-state index in [1.165, 1.54) is 0 Å². The van der Waals surface area contributed by atoms with Gasteiger partial charge in [0.15, 0.2) is 0 Å². The predicted molar refractivity (Wildman–Crippen MR) is 110 cm³/mol. The van der Waals surface area contributed by atoms with E-state index in [9.17, 15) is 5.26 Å². The molecule has 0 spiro atoms. The Labute approximate surface area is 167 Å². The second kappa shape index (κ2) is 8.22. The fraction of sp³-hybridized carbons (Fsp3) is 0.0476. The van der Waals surface area contributed by atoms with E-state index in [0.29, 0.717) is 27.7 Å². The van der Waals surface area contributed by atoms with Crippen molar-refractivity contribution in [3.05, 3.63) is 76.4 Å². The number of halogens is 1. The Morgan fingerprint density at radius 2 is 1.75 bits per heavy atom. The largest absolute Gasteiger partial charge is 0.397 e.